The molecule has 0 aromatic heterocycles. The molecule has 0 saturated heterocycles. The molecule has 0 saturated carbocycles. The Bertz CT molecular complexity index is 1220. The molecule has 0 spiro atoms. The number of methoxy groups -OCH3 is 2. The van der Waals surface area contributed by atoms with Crippen LogP contribution in [0.15, 0.2) is 98.2 Å². The third-order valence-electron chi connectivity index (χ3n) is 6.17. The lowest BCUT2D eigenvalue weighted by Gasteiger charge is -2.17. The zero-order valence-electron chi connectivity index (χ0n) is 22.7. The molecule has 0 aliphatic rings. The van der Waals surface area contributed by atoms with Gasteiger partial charge in [-0.2, -0.15) is 0 Å². The highest BCUT2D eigenvalue weighted by Crippen LogP contribution is 2.35. The summed E-state index contributed by atoms with van der Waals surface area (Å²) in [5.41, 5.74) is 3.55. The minimum Gasteiger partial charge on any atom is -0.504 e. The molecule has 0 amide bonds. The van der Waals surface area contributed by atoms with Crippen LogP contribution < -0.4 is 9.47 Å². The van der Waals surface area contributed by atoms with E-state index in [2.05, 4.69) is 26.3 Å². The number of carbonyl (C=O) groups excluding carboxylic acids is 2. The summed E-state index contributed by atoms with van der Waals surface area (Å²) < 4.78 is 10.5. The molecule has 0 radical (unpaired) electrons. The maximum absolute atomic E-state index is 13.7. The minimum absolute atomic E-state index is 0.0224. The first-order valence-corrected chi connectivity index (χ1v) is 12.4. The smallest absolute Gasteiger partial charge is 0.167 e. The molecule has 2 rings (SSSR count). The second kappa shape index (κ2) is 15.0. The lowest BCUT2D eigenvalue weighted by molar-refractivity contribution is -0.123. The second-order valence-electron chi connectivity index (χ2n) is 8.68. The van der Waals surface area contributed by atoms with E-state index in [1.165, 1.54) is 26.4 Å². The maximum atomic E-state index is 13.7. The highest BCUT2D eigenvalue weighted by atomic mass is 16.5. The summed E-state index contributed by atoms with van der Waals surface area (Å²) in [6, 6.07) is 9.68. The van der Waals surface area contributed by atoms with Gasteiger partial charge in [0.2, 0.25) is 0 Å². The molecule has 6 nitrogen and oxygen atoms in total. The normalized spacial score (nSPS) is 11.9. The molecule has 0 aliphatic heterocycles. The Morgan fingerprint density at radius 3 is 1.33 bits per heavy atom. The number of hydrogen-bond acceptors (Lipinski definition) is 6. The van der Waals surface area contributed by atoms with E-state index in [9.17, 15) is 19.8 Å². The van der Waals surface area contributed by atoms with Gasteiger partial charge in [-0.15, -0.1) is 26.3 Å². The van der Waals surface area contributed by atoms with E-state index >= 15 is 0 Å². The maximum Gasteiger partial charge on any atom is 0.167 e. The quantitative estimate of drug-likeness (QED) is 0.136. The predicted molar refractivity (Wildman–Crippen MR) is 157 cm³/mol. The summed E-state index contributed by atoms with van der Waals surface area (Å²) in [6.45, 7) is 15.2. The van der Waals surface area contributed by atoms with E-state index < -0.39 is 0 Å². The summed E-state index contributed by atoms with van der Waals surface area (Å²) in [6.07, 6.45) is 7.43. The van der Waals surface area contributed by atoms with Gasteiger partial charge in [-0.25, -0.2) is 0 Å². The lowest BCUT2D eigenvalue weighted by Crippen LogP contribution is -2.15. The number of ether oxygens (including phenoxy) is 2. The van der Waals surface area contributed by atoms with Crippen molar-refractivity contribution in [2.45, 2.75) is 32.1 Å². The molecular weight excluding hydrogens is 492 g/mol. The molecule has 0 aliphatic carbocycles. The first kappa shape index (κ1) is 30.6. The summed E-state index contributed by atoms with van der Waals surface area (Å²) >= 11 is 0. The molecule has 0 fully saturated rings. The van der Waals surface area contributed by atoms with Gasteiger partial charge in [-0.3, -0.25) is 9.59 Å². The van der Waals surface area contributed by atoms with E-state index in [1.807, 2.05) is 0 Å². The van der Waals surface area contributed by atoms with E-state index in [1.54, 1.807) is 48.6 Å². The van der Waals surface area contributed by atoms with Crippen molar-refractivity contribution in [2.24, 2.45) is 0 Å². The zero-order chi connectivity index (χ0) is 28.9. The van der Waals surface area contributed by atoms with E-state index in [4.69, 9.17) is 9.47 Å². The van der Waals surface area contributed by atoms with Crippen molar-refractivity contribution >= 4 is 22.7 Å². The van der Waals surface area contributed by atoms with Crippen LogP contribution in [-0.2, 0) is 9.59 Å². The molecule has 2 N–H and O–H groups in total. The van der Waals surface area contributed by atoms with Crippen molar-refractivity contribution in [3.05, 3.63) is 109 Å². The van der Waals surface area contributed by atoms with Gasteiger partial charge >= 0.3 is 0 Å². The molecule has 0 unspecified atom stereocenters. The lowest BCUT2D eigenvalue weighted by atomic mass is 9.87. The van der Waals surface area contributed by atoms with Crippen LogP contribution >= 0.6 is 0 Å². The van der Waals surface area contributed by atoms with Crippen molar-refractivity contribution in [1.29, 1.82) is 0 Å². The third-order valence-corrected chi connectivity index (χ3v) is 6.17. The van der Waals surface area contributed by atoms with Crippen molar-refractivity contribution in [3.8, 4) is 23.0 Å². The molecule has 204 valence electrons. The van der Waals surface area contributed by atoms with Crippen LogP contribution in [0.1, 0.15) is 43.2 Å². The first-order chi connectivity index (χ1) is 18.8. The monoisotopic (exact) mass is 528 g/mol. The summed E-state index contributed by atoms with van der Waals surface area (Å²) in [5.74, 6) is -0.190. The Kier molecular flexibility index (Phi) is 11.8. The number of phenolic OH excluding ortho intramolecular Hbond substituents is 2. The fourth-order valence-corrected chi connectivity index (χ4v) is 4.31. The van der Waals surface area contributed by atoms with E-state index in [0.717, 1.165) is 0 Å². The summed E-state index contributed by atoms with van der Waals surface area (Å²) in [5, 5.41) is 20.1. The van der Waals surface area contributed by atoms with E-state index in [0.29, 0.717) is 46.3 Å². The van der Waals surface area contributed by atoms with Gasteiger partial charge in [0.05, 0.1) is 20.6 Å². The largest absolute Gasteiger partial charge is 0.504 e. The van der Waals surface area contributed by atoms with Gasteiger partial charge in [0, 0.05) is 11.1 Å². The Hall–Kier alpha value is -4.58. The number of rotatable bonds is 16. The molecule has 0 bridgehead atoms. The van der Waals surface area contributed by atoms with Gasteiger partial charge in [0.25, 0.3) is 0 Å². The first-order valence-electron chi connectivity index (χ1n) is 12.4. The van der Waals surface area contributed by atoms with Gasteiger partial charge in [-0.1, -0.05) is 36.4 Å². The Labute approximate surface area is 230 Å². The summed E-state index contributed by atoms with van der Waals surface area (Å²) in [7, 11) is 2.89. The fourth-order valence-electron chi connectivity index (χ4n) is 4.31. The van der Waals surface area contributed by atoms with Crippen LogP contribution in [0.5, 0.6) is 23.0 Å². The average molecular weight is 529 g/mol. The zero-order valence-corrected chi connectivity index (χ0v) is 22.7. The third kappa shape index (κ3) is 7.71. The second-order valence-corrected chi connectivity index (χ2v) is 8.68. The Morgan fingerprint density at radius 2 is 1.03 bits per heavy atom. The molecular formula is C33H36O6. The highest BCUT2D eigenvalue weighted by Gasteiger charge is 2.23. The molecule has 2 aromatic carbocycles. The number of hydrogen-bond donors (Lipinski definition) is 2. The highest BCUT2D eigenvalue weighted by molar-refractivity contribution is 6.17. The number of aromatic hydroxyl groups is 2. The van der Waals surface area contributed by atoms with Gasteiger partial charge in [0.1, 0.15) is 0 Å². The number of ketones is 2. The Balaban J connectivity index is 2.63. The van der Waals surface area contributed by atoms with Crippen molar-refractivity contribution in [1.82, 2.24) is 0 Å². The van der Waals surface area contributed by atoms with Crippen LogP contribution in [0, 0.1) is 0 Å². The molecule has 39 heavy (non-hydrogen) atoms. The van der Waals surface area contributed by atoms with Crippen LogP contribution in [-0.4, -0.2) is 36.0 Å². The number of phenols is 2. The molecule has 0 heterocycles. The molecule has 2 aromatic rings. The van der Waals surface area contributed by atoms with Gasteiger partial charge in [0.15, 0.2) is 34.6 Å². The van der Waals surface area contributed by atoms with E-state index in [-0.39, 0.29) is 53.8 Å². The number of benzene rings is 2. The van der Waals surface area contributed by atoms with Crippen LogP contribution in [0.2, 0.25) is 0 Å². The van der Waals surface area contributed by atoms with Gasteiger partial charge < -0.3 is 19.7 Å². The topological polar surface area (TPSA) is 93.1 Å². The van der Waals surface area contributed by atoms with Crippen LogP contribution in [0.3, 0.4) is 0 Å². The van der Waals surface area contributed by atoms with Crippen LogP contribution in [0.4, 0.5) is 0 Å². The van der Waals surface area contributed by atoms with Gasteiger partial charge in [-0.05, 0) is 72.2 Å². The van der Waals surface area contributed by atoms with Crippen LogP contribution in [0.25, 0.3) is 11.1 Å². The molecule has 0 atom stereocenters. The standard InChI is InChI=1S/C33H36O6/c1-7-11-24(22-15-17-28(34)32(19-22)38-5)26(13-9-3)30(36)21-31(37)27(14-10-4)25(12-8-2)23-16-18-29(35)33(20-23)39-6/h7-10,15-20,34-35H,1-4,11-14,21H2,5-6H3/b26-24+,27-25+. The minimum atomic E-state index is -0.363. The Morgan fingerprint density at radius 1 is 0.667 bits per heavy atom. The number of carbonyl (C=O) groups is 2. The number of Topliss-reactive ketones (excluding diaryl/α,β-unsaturated/α-hetero) is 2. The summed E-state index contributed by atoms with van der Waals surface area (Å²) in [4.78, 5) is 27.3. The van der Waals surface area contributed by atoms with Crippen molar-refractivity contribution < 1.29 is 29.3 Å². The van der Waals surface area contributed by atoms with Crippen molar-refractivity contribution in [3.63, 3.8) is 0 Å². The van der Waals surface area contributed by atoms with Crippen molar-refractivity contribution in [2.75, 3.05) is 14.2 Å². The molecule has 6 heteroatoms. The predicted octanol–water partition coefficient (Wildman–Crippen LogP) is 7.16. The number of allylic oxidation sites excluding steroid dienone is 8. The fraction of sp³-hybridized carbons (Fsp3) is 0.212. The average Bonchev–Trinajstić information content (AvgIpc) is 2.93. The SMILES string of the molecule is C=CC/C(C(=O)CC(=O)/C(CC=C)=C(\CC=C)c1ccc(O)c(OC)c1)=C(/CC=C)c1ccc(O)c(OC)c1.